The molecule has 2 atom stereocenters. The van der Waals surface area contributed by atoms with Crippen LogP contribution in [0.1, 0.15) is 11.1 Å². The van der Waals surface area contributed by atoms with Gasteiger partial charge in [0, 0.05) is 6.42 Å². The highest BCUT2D eigenvalue weighted by molar-refractivity contribution is 5.75. The Bertz CT molecular complexity index is 708. The van der Waals surface area contributed by atoms with Crippen LogP contribution in [0, 0.1) is 0 Å². The maximum Gasteiger partial charge on any atom is 0.325 e. The quantitative estimate of drug-likeness (QED) is 0.557. The van der Waals surface area contributed by atoms with Gasteiger partial charge in [0.25, 0.3) is 0 Å². The largest absolute Gasteiger partial charge is 0.480 e. The summed E-state index contributed by atoms with van der Waals surface area (Å²) in [4.78, 5) is 28.5. The van der Waals surface area contributed by atoms with Gasteiger partial charge in [-0.3, -0.25) is 14.4 Å². The van der Waals surface area contributed by atoms with Crippen LogP contribution in [-0.4, -0.2) is 46.5 Å². The van der Waals surface area contributed by atoms with Gasteiger partial charge in [-0.1, -0.05) is 60.7 Å². The predicted molar refractivity (Wildman–Crippen MR) is 95.1 cm³/mol. The van der Waals surface area contributed by atoms with E-state index in [1.54, 1.807) is 0 Å². The molecule has 0 unspecified atom stereocenters. The summed E-state index contributed by atoms with van der Waals surface area (Å²) in [5.41, 5.74) is 4.31. The molecule has 0 aliphatic carbocycles. The van der Waals surface area contributed by atoms with E-state index in [1.807, 2.05) is 60.7 Å². The lowest BCUT2D eigenvalue weighted by Crippen LogP contribution is -2.56. The molecular formula is C19H22N2O5. The summed E-state index contributed by atoms with van der Waals surface area (Å²) in [6.45, 7) is 0. The van der Waals surface area contributed by atoms with Crippen LogP contribution in [0.3, 0.4) is 0 Å². The summed E-state index contributed by atoms with van der Waals surface area (Å²) in [5.74, 6) is -2.22. The average Bonchev–Trinajstić information content (AvgIpc) is 2.65. The van der Waals surface area contributed by atoms with E-state index in [-0.39, 0.29) is 12.8 Å². The summed E-state index contributed by atoms with van der Waals surface area (Å²) < 4.78 is 0. The van der Waals surface area contributed by atoms with Gasteiger partial charge in [-0.15, -0.1) is 5.17 Å². The van der Waals surface area contributed by atoms with E-state index in [4.69, 9.17) is 4.84 Å². The standard InChI is InChI=1S/C19H22N2O5/c1-26-21(17(19(24)25)13-15-10-6-3-7-11-15)20-16(18(22)23)12-14-8-4-2-5-9-14/h2-11,16-17,20H,12-13H2,1H3,(H,22,23)(H,24,25)/t16-,17-/m0/s1. The van der Waals surface area contributed by atoms with E-state index in [9.17, 15) is 19.8 Å². The number of nitrogens with one attached hydrogen (secondary N) is 1. The van der Waals surface area contributed by atoms with E-state index in [2.05, 4.69) is 5.43 Å². The molecule has 0 amide bonds. The van der Waals surface area contributed by atoms with Crippen molar-refractivity contribution in [2.75, 3.05) is 7.11 Å². The number of aliphatic carboxylic acids is 2. The van der Waals surface area contributed by atoms with Gasteiger partial charge in [-0.2, -0.15) is 0 Å². The van der Waals surface area contributed by atoms with Crippen molar-refractivity contribution in [1.29, 1.82) is 0 Å². The number of benzene rings is 2. The number of hydrogen-bond acceptors (Lipinski definition) is 5. The second-order valence-corrected chi connectivity index (χ2v) is 5.76. The molecule has 0 aliphatic rings. The molecule has 26 heavy (non-hydrogen) atoms. The molecule has 7 nitrogen and oxygen atoms in total. The number of carboxylic acids is 2. The lowest BCUT2D eigenvalue weighted by atomic mass is 10.1. The van der Waals surface area contributed by atoms with Crippen molar-refractivity contribution < 1.29 is 24.6 Å². The number of nitrogens with zero attached hydrogens (tertiary/aromatic N) is 1. The topological polar surface area (TPSA) is 99.1 Å². The van der Waals surface area contributed by atoms with Crippen LogP contribution >= 0.6 is 0 Å². The van der Waals surface area contributed by atoms with Crippen molar-refractivity contribution >= 4 is 11.9 Å². The molecule has 7 heteroatoms. The van der Waals surface area contributed by atoms with E-state index >= 15 is 0 Å². The van der Waals surface area contributed by atoms with Crippen molar-refractivity contribution in [1.82, 2.24) is 10.6 Å². The van der Waals surface area contributed by atoms with Gasteiger partial charge in [-0.25, -0.2) is 5.43 Å². The lowest BCUT2D eigenvalue weighted by molar-refractivity contribution is -0.217. The Morgan fingerprint density at radius 3 is 1.85 bits per heavy atom. The van der Waals surface area contributed by atoms with E-state index in [0.717, 1.165) is 16.3 Å². The Hall–Kier alpha value is -2.74. The van der Waals surface area contributed by atoms with Crippen LogP contribution < -0.4 is 5.43 Å². The molecular weight excluding hydrogens is 336 g/mol. The lowest BCUT2D eigenvalue weighted by Gasteiger charge is -2.29. The van der Waals surface area contributed by atoms with Gasteiger partial charge in [0.1, 0.15) is 6.04 Å². The maximum atomic E-state index is 11.7. The molecule has 0 radical (unpaired) electrons. The summed E-state index contributed by atoms with van der Waals surface area (Å²) in [7, 11) is 1.30. The molecule has 138 valence electrons. The summed E-state index contributed by atoms with van der Waals surface area (Å²) >= 11 is 0. The molecule has 0 saturated carbocycles. The van der Waals surface area contributed by atoms with Crippen LogP contribution in [0.15, 0.2) is 60.7 Å². The van der Waals surface area contributed by atoms with Crippen LogP contribution in [0.25, 0.3) is 0 Å². The van der Waals surface area contributed by atoms with Crippen molar-refractivity contribution in [2.24, 2.45) is 0 Å². The first-order valence-corrected chi connectivity index (χ1v) is 8.14. The fourth-order valence-corrected chi connectivity index (χ4v) is 2.57. The third kappa shape index (κ3) is 5.66. The van der Waals surface area contributed by atoms with Gasteiger partial charge in [-0.05, 0) is 17.5 Å². The third-order valence-corrected chi connectivity index (χ3v) is 3.90. The Kier molecular flexibility index (Phi) is 7.28. The van der Waals surface area contributed by atoms with Gasteiger partial charge < -0.3 is 10.2 Å². The fraction of sp³-hybridized carbons (Fsp3) is 0.263. The van der Waals surface area contributed by atoms with Crippen molar-refractivity contribution in [3.05, 3.63) is 71.8 Å². The highest BCUT2D eigenvalue weighted by Crippen LogP contribution is 2.11. The average molecular weight is 358 g/mol. The zero-order valence-corrected chi connectivity index (χ0v) is 14.4. The van der Waals surface area contributed by atoms with E-state index in [0.29, 0.717) is 0 Å². The van der Waals surface area contributed by atoms with Crippen LogP contribution in [0.4, 0.5) is 0 Å². The molecule has 0 aromatic heterocycles. The smallest absolute Gasteiger partial charge is 0.325 e. The third-order valence-electron chi connectivity index (χ3n) is 3.90. The zero-order valence-electron chi connectivity index (χ0n) is 14.4. The second-order valence-electron chi connectivity index (χ2n) is 5.76. The second kappa shape index (κ2) is 9.67. The summed E-state index contributed by atoms with van der Waals surface area (Å²) in [6, 6.07) is 16.1. The van der Waals surface area contributed by atoms with Crippen LogP contribution in [0.5, 0.6) is 0 Å². The first kappa shape index (κ1) is 19.6. The molecule has 0 spiro atoms. The van der Waals surface area contributed by atoms with Gasteiger partial charge in [0.15, 0.2) is 6.04 Å². The highest BCUT2D eigenvalue weighted by Gasteiger charge is 2.30. The van der Waals surface area contributed by atoms with Gasteiger partial charge in [0.05, 0.1) is 7.11 Å². The number of carbonyl (C=O) groups is 2. The van der Waals surface area contributed by atoms with Crippen molar-refractivity contribution in [2.45, 2.75) is 24.9 Å². The van der Waals surface area contributed by atoms with E-state index in [1.165, 1.54) is 7.11 Å². The number of rotatable bonds is 10. The number of hydroxylamine groups is 1. The molecule has 0 aliphatic heterocycles. The summed E-state index contributed by atoms with van der Waals surface area (Å²) in [6.07, 6.45) is 0.350. The minimum absolute atomic E-state index is 0.161. The van der Waals surface area contributed by atoms with Gasteiger partial charge >= 0.3 is 11.9 Å². The summed E-state index contributed by atoms with van der Waals surface area (Å²) in [5, 5.41) is 20.1. The number of hydrogen-bond donors (Lipinski definition) is 3. The Morgan fingerprint density at radius 2 is 1.42 bits per heavy atom. The fourth-order valence-electron chi connectivity index (χ4n) is 2.57. The van der Waals surface area contributed by atoms with Crippen LogP contribution in [0.2, 0.25) is 0 Å². The number of carboxylic acid groups (broad SMARTS) is 2. The van der Waals surface area contributed by atoms with Crippen LogP contribution in [-0.2, 0) is 27.3 Å². The molecule has 2 aromatic carbocycles. The normalized spacial score (nSPS) is 13.3. The molecule has 2 aromatic rings. The molecule has 2 rings (SSSR count). The molecule has 0 bridgehead atoms. The molecule has 0 heterocycles. The zero-order chi connectivity index (χ0) is 18.9. The first-order valence-electron chi connectivity index (χ1n) is 8.14. The predicted octanol–water partition coefficient (Wildman–Crippen LogP) is 1.75. The first-order chi connectivity index (χ1) is 12.5. The Balaban J connectivity index is 2.14. The van der Waals surface area contributed by atoms with E-state index < -0.39 is 24.0 Å². The SMILES string of the molecule is CON(N[C@@H](Cc1ccccc1)C(=O)O)[C@@H](Cc1ccccc1)C(=O)O. The van der Waals surface area contributed by atoms with Gasteiger partial charge in [0.2, 0.25) is 0 Å². The molecule has 0 saturated heterocycles. The van der Waals surface area contributed by atoms with Crippen molar-refractivity contribution in [3.8, 4) is 0 Å². The molecule has 3 N–H and O–H groups in total. The Morgan fingerprint density at radius 1 is 0.923 bits per heavy atom. The minimum atomic E-state index is -1.12. The number of hydrazine groups is 1. The van der Waals surface area contributed by atoms with Crippen molar-refractivity contribution in [3.63, 3.8) is 0 Å². The highest BCUT2D eigenvalue weighted by atomic mass is 16.7. The Labute approximate surface area is 151 Å². The minimum Gasteiger partial charge on any atom is -0.480 e. The molecule has 0 fully saturated rings. The maximum absolute atomic E-state index is 11.7. The monoisotopic (exact) mass is 358 g/mol.